The van der Waals surface area contributed by atoms with E-state index in [1.165, 1.54) is 5.56 Å². The van der Waals surface area contributed by atoms with Gasteiger partial charge in [-0.25, -0.2) is 0 Å². The molecular weight excluding hydrogens is 162 g/mol. The molecule has 0 aliphatic heterocycles. The van der Waals surface area contributed by atoms with Crippen molar-refractivity contribution >= 4 is 0 Å². The number of nitrogens with zero attached hydrogens (tertiary/aromatic N) is 1. The Morgan fingerprint density at radius 2 is 1.77 bits per heavy atom. The Labute approximate surface area is 79.6 Å². The highest BCUT2D eigenvalue weighted by molar-refractivity contribution is 5.32. The van der Waals surface area contributed by atoms with Gasteiger partial charge in [0.15, 0.2) is 0 Å². The van der Waals surface area contributed by atoms with Crippen molar-refractivity contribution < 1.29 is 5.11 Å². The summed E-state index contributed by atoms with van der Waals surface area (Å²) in [5.74, 6) is 0. The highest BCUT2D eigenvalue weighted by atomic mass is 16.3. The Balaban J connectivity index is 3.37. The third-order valence-electron chi connectivity index (χ3n) is 2.24. The van der Waals surface area contributed by atoms with Crippen LogP contribution >= 0.6 is 0 Å². The van der Waals surface area contributed by atoms with Crippen molar-refractivity contribution in [2.45, 2.75) is 40.2 Å². The molecule has 72 valence electrons. The second-order valence-corrected chi connectivity index (χ2v) is 4.11. The third kappa shape index (κ3) is 2.07. The van der Waals surface area contributed by atoms with Gasteiger partial charge in [0.2, 0.25) is 0 Å². The zero-order valence-electron chi connectivity index (χ0n) is 8.97. The van der Waals surface area contributed by atoms with Gasteiger partial charge >= 0.3 is 0 Å². The average Bonchev–Trinajstić information content (AvgIpc) is 1.94. The fourth-order valence-electron chi connectivity index (χ4n) is 1.50. The molecule has 0 saturated heterocycles. The monoisotopic (exact) mass is 179 g/mol. The molecule has 0 atom stereocenters. The maximum atomic E-state index is 9.86. The van der Waals surface area contributed by atoms with Gasteiger partial charge in [-0.2, -0.15) is 0 Å². The molecule has 0 aliphatic rings. The number of hydrogen-bond acceptors (Lipinski definition) is 2. The summed E-state index contributed by atoms with van der Waals surface area (Å²) in [6, 6.07) is 2.03. The minimum absolute atomic E-state index is 0.782. The van der Waals surface area contributed by atoms with E-state index in [1.807, 2.05) is 26.8 Å². The van der Waals surface area contributed by atoms with E-state index < -0.39 is 5.60 Å². The first-order chi connectivity index (χ1) is 5.82. The first-order valence-electron chi connectivity index (χ1n) is 4.50. The van der Waals surface area contributed by atoms with Gasteiger partial charge in [-0.1, -0.05) is 0 Å². The summed E-state index contributed by atoms with van der Waals surface area (Å²) in [6.07, 6.45) is 0. The molecule has 1 rings (SSSR count). The number of hydrogen-bond donors (Lipinski definition) is 1. The van der Waals surface area contributed by atoms with Gasteiger partial charge < -0.3 is 5.11 Å². The van der Waals surface area contributed by atoms with Gasteiger partial charge in [-0.15, -0.1) is 0 Å². The van der Waals surface area contributed by atoms with E-state index >= 15 is 0 Å². The van der Waals surface area contributed by atoms with Crippen molar-refractivity contribution in [3.05, 3.63) is 28.6 Å². The van der Waals surface area contributed by atoms with Gasteiger partial charge in [0, 0.05) is 5.69 Å². The number of aryl methyl sites for hydroxylation is 2. The fraction of sp³-hybridized carbons (Fsp3) is 0.545. The van der Waals surface area contributed by atoms with Gasteiger partial charge in [0.25, 0.3) is 0 Å². The summed E-state index contributed by atoms with van der Waals surface area (Å²) >= 11 is 0. The molecule has 2 nitrogen and oxygen atoms in total. The SMILES string of the molecule is Cc1cc(C)c(C)c(C(C)(C)O)n1. The van der Waals surface area contributed by atoms with Crippen molar-refractivity contribution in [3.63, 3.8) is 0 Å². The Bertz CT molecular complexity index is 324. The number of aromatic nitrogens is 1. The quantitative estimate of drug-likeness (QED) is 0.717. The van der Waals surface area contributed by atoms with E-state index in [2.05, 4.69) is 4.98 Å². The molecule has 0 aromatic carbocycles. The summed E-state index contributed by atoms with van der Waals surface area (Å²) in [5.41, 5.74) is 3.16. The van der Waals surface area contributed by atoms with E-state index in [0.717, 1.165) is 17.0 Å². The van der Waals surface area contributed by atoms with Crippen molar-refractivity contribution in [1.29, 1.82) is 0 Å². The van der Waals surface area contributed by atoms with Crippen molar-refractivity contribution in [2.75, 3.05) is 0 Å². The van der Waals surface area contributed by atoms with Gasteiger partial charge in [-0.3, -0.25) is 4.98 Å². The van der Waals surface area contributed by atoms with Crippen molar-refractivity contribution in [3.8, 4) is 0 Å². The largest absolute Gasteiger partial charge is 0.384 e. The van der Waals surface area contributed by atoms with E-state index in [4.69, 9.17) is 0 Å². The van der Waals surface area contributed by atoms with Crippen LogP contribution in [0.3, 0.4) is 0 Å². The number of pyridine rings is 1. The topological polar surface area (TPSA) is 33.1 Å². The lowest BCUT2D eigenvalue weighted by molar-refractivity contribution is 0.0729. The van der Waals surface area contributed by atoms with Gasteiger partial charge in [-0.05, 0) is 51.8 Å². The predicted molar refractivity (Wildman–Crippen MR) is 53.7 cm³/mol. The van der Waals surface area contributed by atoms with Crippen molar-refractivity contribution in [1.82, 2.24) is 4.98 Å². The molecule has 1 aromatic heterocycles. The van der Waals surface area contributed by atoms with E-state index in [0.29, 0.717) is 0 Å². The van der Waals surface area contributed by atoms with E-state index in [9.17, 15) is 5.11 Å². The van der Waals surface area contributed by atoms with Crippen molar-refractivity contribution in [2.24, 2.45) is 0 Å². The Hall–Kier alpha value is -0.890. The number of aliphatic hydroxyl groups is 1. The second-order valence-electron chi connectivity index (χ2n) is 4.11. The second kappa shape index (κ2) is 3.11. The highest BCUT2D eigenvalue weighted by Gasteiger charge is 2.21. The van der Waals surface area contributed by atoms with E-state index in [-0.39, 0.29) is 0 Å². The molecule has 1 aromatic rings. The van der Waals surface area contributed by atoms with Crippen LogP contribution in [0.25, 0.3) is 0 Å². The molecule has 0 unspecified atom stereocenters. The van der Waals surface area contributed by atoms with Crippen LogP contribution in [-0.2, 0) is 5.60 Å². The van der Waals surface area contributed by atoms with Gasteiger partial charge in [0.1, 0.15) is 5.60 Å². The van der Waals surface area contributed by atoms with Crippen LogP contribution in [0, 0.1) is 20.8 Å². The highest BCUT2D eigenvalue weighted by Crippen LogP contribution is 2.23. The lowest BCUT2D eigenvalue weighted by Gasteiger charge is -2.20. The Kier molecular flexibility index (Phi) is 2.44. The third-order valence-corrected chi connectivity index (χ3v) is 2.24. The normalized spacial score (nSPS) is 11.8. The van der Waals surface area contributed by atoms with Crippen LogP contribution in [0.4, 0.5) is 0 Å². The molecule has 0 spiro atoms. The Morgan fingerprint density at radius 3 is 2.23 bits per heavy atom. The molecule has 2 heteroatoms. The van der Waals surface area contributed by atoms with Crippen LogP contribution in [0.1, 0.15) is 36.4 Å². The minimum atomic E-state index is -0.846. The summed E-state index contributed by atoms with van der Waals surface area (Å²) in [7, 11) is 0. The van der Waals surface area contributed by atoms with Crippen LogP contribution < -0.4 is 0 Å². The van der Waals surface area contributed by atoms with Gasteiger partial charge in [0.05, 0.1) is 5.69 Å². The first kappa shape index (κ1) is 10.2. The molecule has 0 bridgehead atoms. The summed E-state index contributed by atoms with van der Waals surface area (Å²) in [4.78, 5) is 4.35. The van der Waals surface area contributed by atoms with E-state index in [1.54, 1.807) is 13.8 Å². The molecule has 0 aliphatic carbocycles. The molecule has 0 saturated carbocycles. The zero-order chi connectivity index (χ0) is 10.2. The molecular formula is C11H17NO. The van der Waals surface area contributed by atoms with Crippen LogP contribution in [-0.4, -0.2) is 10.1 Å². The zero-order valence-corrected chi connectivity index (χ0v) is 8.97. The maximum absolute atomic E-state index is 9.86. The molecule has 0 amide bonds. The molecule has 1 heterocycles. The lowest BCUT2D eigenvalue weighted by atomic mass is 9.97. The maximum Gasteiger partial charge on any atom is 0.101 e. The predicted octanol–water partition coefficient (Wildman–Crippen LogP) is 2.23. The molecule has 13 heavy (non-hydrogen) atoms. The molecule has 0 radical (unpaired) electrons. The summed E-state index contributed by atoms with van der Waals surface area (Å²) in [5, 5.41) is 9.86. The Morgan fingerprint density at radius 1 is 1.23 bits per heavy atom. The first-order valence-corrected chi connectivity index (χ1v) is 4.50. The fourth-order valence-corrected chi connectivity index (χ4v) is 1.50. The minimum Gasteiger partial charge on any atom is -0.384 e. The average molecular weight is 179 g/mol. The summed E-state index contributed by atoms with van der Waals surface area (Å²) in [6.45, 7) is 9.51. The standard InChI is InChI=1S/C11H17NO/c1-7-6-8(2)12-10(9(7)3)11(4,5)13/h6,13H,1-5H3. The molecule has 1 N–H and O–H groups in total. The van der Waals surface area contributed by atoms with Crippen LogP contribution in [0.5, 0.6) is 0 Å². The summed E-state index contributed by atoms with van der Waals surface area (Å²) < 4.78 is 0. The lowest BCUT2D eigenvalue weighted by Crippen LogP contribution is -2.20. The molecule has 0 fully saturated rings. The van der Waals surface area contributed by atoms with Crippen LogP contribution in [0.2, 0.25) is 0 Å². The number of rotatable bonds is 1. The smallest absolute Gasteiger partial charge is 0.101 e. The van der Waals surface area contributed by atoms with Crippen LogP contribution in [0.15, 0.2) is 6.07 Å².